The molecule has 0 aromatic carbocycles. The Kier molecular flexibility index (Phi) is 2.48. The molecule has 1 atom stereocenters. The highest BCUT2D eigenvalue weighted by molar-refractivity contribution is 14.1. The molecular weight excluding hydrogens is 279 g/mol. The van der Waals surface area contributed by atoms with Gasteiger partial charge in [-0.3, -0.25) is 12.9 Å². The third-order valence-corrected chi connectivity index (χ3v) is 3.42. The topological polar surface area (TPSA) is 33.2 Å². The lowest BCUT2D eigenvalue weighted by molar-refractivity contribution is -0.123. The van der Waals surface area contributed by atoms with Crippen LogP contribution in [0.5, 0.6) is 0 Å². The van der Waals surface area contributed by atoms with Crippen molar-refractivity contribution in [3.63, 3.8) is 0 Å². The maximum atomic E-state index is 11.3. The Labute approximate surface area is 90.6 Å². The molecule has 13 heavy (non-hydrogen) atoms. The van der Waals surface area contributed by atoms with Crippen molar-refractivity contribution >= 4 is 28.8 Å². The highest BCUT2D eigenvalue weighted by Crippen LogP contribution is 2.34. The van der Waals surface area contributed by atoms with Crippen LogP contribution in [-0.4, -0.2) is 14.0 Å². The molecule has 1 amide bonds. The monoisotopic (exact) mass is 288 g/mol. The van der Waals surface area contributed by atoms with Crippen LogP contribution < -0.4 is 0 Å². The molecule has 3 nitrogen and oxygen atoms in total. The van der Waals surface area contributed by atoms with E-state index in [0.29, 0.717) is 6.42 Å². The van der Waals surface area contributed by atoms with Crippen molar-refractivity contribution in [3.8, 4) is 0 Å². The summed E-state index contributed by atoms with van der Waals surface area (Å²) in [5, 5.41) is 0. The molecule has 68 valence electrons. The molecule has 2 rings (SSSR count). The SMILES string of the molecule is O=C1CCC(c2cccnc2)N1I. The fourth-order valence-corrected chi connectivity index (χ4v) is 2.37. The van der Waals surface area contributed by atoms with Crippen molar-refractivity contribution in [2.24, 2.45) is 0 Å². The zero-order valence-corrected chi connectivity index (χ0v) is 9.14. The quantitative estimate of drug-likeness (QED) is 0.585. The van der Waals surface area contributed by atoms with E-state index < -0.39 is 0 Å². The molecule has 0 bridgehead atoms. The second-order valence-electron chi connectivity index (χ2n) is 3.05. The van der Waals surface area contributed by atoms with Crippen LogP contribution >= 0.6 is 22.9 Å². The number of nitrogens with zero attached hydrogens (tertiary/aromatic N) is 2. The molecule has 4 heteroatoms. The van der Waals surface area contributed by atoms with Gasteiger partial charge in [0.05, 0.1) is 28.9 Å². The van der Waals surface area contributed by atoms with Gasteiger partial charge in [0, 0.05) is 18.8 Å². The predicted octanol–water partition coefficient (Wildman–Crippen LogP) is 2.10. The number of aromatic nitrogens is 1. The van der Waals surface area contributed by atoms with Crippen LogP contribution in [0.4, 0.5) is 0 Å². The molecule has 2 heterocycles. The average Bonchev–Trinajstić information content (AvgIpc) is 2.49. The van der Waals surface area contributed by atoms with Crippen LogP contribution in [0.2, 0.25) is 0 Å². The molecule has 0 radical (unpaired) electrons. The lowest BCUT2D eigenvalue weighted by Gasteiger charge is -2.16. The molecule has 1 fully saturated rings. The molecule has 0 N–H and O–H groups in total. The normalized spacial score (nSPS) is 22.4. The Morgan fingerprint density at radius 2 is 2.46 bits per heavy atom. The molecule has 1 unspecified atom stereocenters. The first-order valence-corrected chi connectivity index (χ1v) is 5.13. The molecule has 1 aliphatic heterocycles. The number of pyridine rings is 1. The summed E-state index contributed by atoms with van der Waals surface area (Å²) in [5.41, 5.74) is 1.13. The third-order valence-electron chi connectivity index (χ3n) is 2.21. The van der Waals surface area contributed by atoms with E-state index >= 15 is 0 Å². The minimum Gasteiger partial charge on any atom is -0.277 e. The van der Waals surface area contributed by atoms with Gasteiger partial charge >= 0.3 is 0 Å². The minimum absolute atomic E-state index is 0.217. The summed E-state index contributed by atoms with van der Waals surface area (Å²) >= 11 is 2.08. The van der Waals surface area contributed by atoms with Crippen LogP contribution in [0.1, 0.15) is 24.4 Å². The van der Waals surface area contributed by atoms with Gasteiger partial charge in [0.25, 0.3) is 0 Å². The fourth-order valence-electron chi connectivity index (χ4n) is 1.52. The van der Waals surface area contributed by atoms with Crippen LogP contribution in [0, 0.1) is 0 Å². The maximum absolute atomic E-state index is 11.3. The van der Waals surface area contributed by atoms with E-state index in [-0.39, 0.29) is 11.9 Å². The number of amides is 1. The van der Waals surface area contributed by atoms with Crippen molar-refractivity contribution < 1.29 is 4.79 Å². The second-order valence-corrected chi connectivity index (χ2v) is 4.09. The average molecular weight is 288 g/mol. The van der Waals surface area contributed by atoms with Crippen molar-refractivity contribution in [1.29, 1.82) is 0 Å². The van der Waals surface area contributed by atoms with Gasteiger partial charge in [0.15, 0.2) is 0 Å². The first-order valence-electron chi connectivity index (χ1n) is 4.17. The van der Waals surface area contributed by atoms with E-state index in [0.717, 1.165) is 12.0 Å². The fraction of sp³-hybridized carbons (Fsp3) is 0.333. The molecule has 1 aromatic rings. The standard InChI is InChI=1S/C9H9IN2O/c10-12-8(3-4-9(12)13)7-2-1-5-11-6-7/h1-2,5-6,8H,3-4H2. The van der Waals surface area contributed by atoms with E-state index in [9.17, 15) is 4.79 Å². The van der Waals surface area contributed by atoms with Gasteiger partial charge in [-0.05, 0) is 18.1 Å². The van der Waals surface area contributed by atoms with E-state index in [1.165, 1.54) is 0 Å². The van der Waals surface area contributed by atoms with E-state index in [1.54, 1.807) is 9.31 Å². The highest BCUT2D eigenvalue weighted by atomic mass is 127. The summed E-state index contributed by atoms with van der Waals surface area (Å²) in [6.07, 6.45) is 5.14. The molecule has 1 aromatic heterocycles. The third kappa shape index (κ3) is 1.67. The zero-order chi connectivity index (χ0) is 9.26. The van der Waals surface area contributed by atoms with Gasteiger partial charge in [-0.15, -0.1) is 0 Å². The maximum Gasteiger partial charge on any atom is 0.231 e. The molecule has 0 spiro atoms. The lowest BCUT2D eigenvalue weighted by Crippen LogP contribution is -2.15. The molecule has 0 aliphatic carbocycles. The number of hydrogen-bond acceptors (Lipinski definition) is 2. The van der Waals surface area contributed by atoms with E-state index in [1.807, 2.05) is 18.3 Å². The van der Waals surface area contributed by atoms with Crippen LogP contribution in [-0.2, 0) is 4.79 Å². The first-order chi connectivity index (χ1) is 6.29. The Hall–Kier alpha value is -0.650. The highest BCUT2D eigenvalue weighted by Gasteiger charge is 2.30. The Morgan fingerprint density at radius 3 is 3.00 bits per heavy atom. The predicted molar refractivity (Wildman–Crippen MR) is 57.1 cm³/mol. The lowest BCUT2D eigenvalue weighted by atomic mass is 10.1. The van der Waals surface area contributed by atoms with Crippen molar-refractivity contribution in [2.75, 3.05) is 0 Å². The molecule has 0 saturated carbocycles. The summed E-state index contributed by atoms with van der Waals surface area (Å²) < 4.78 is 1.77. The summed E-state index contributed by atoms with van der Waals surface area (Å²) in [6.45, 7) is 0. The van der Waals surface area contributed by atoms with E-state index in [4.69, 9.17) is 0 Å². The molecule has 1 aliphatic rings. The minimum atomic E-state index is 0.217. The second kappa shape index (κ2) is 3.61. The van der Waals surface area contributed by atoms with Gasteiger partial charge in [-0.1, -0.05) is 6.07 Å². The summed E-state index contributed by atoms with van der Waals surface area (Å²) in [6, 6.07) is 4.15. The van der Waals surface area contributed by atoms with Gasteiger partial charge in [-0.25, -0.2) is 0 Å². The Morgan fingerprint density at radius 1 is 1.62 bits per heavy atom. The van der Waals surface area contributed by atoms with Gasteiger partial charge in [0.2, 0.25) is 5.91 Å². The largest absolute Gasteiger partial charge is 0.277 e. The van der Waals surface area contributed by atoms with Crippen molar-refractivity contribution in [1.82, 2.24) is 8.10 Å². The smallest absolute Gasteiger partial charge is 0.231 e. The van der Waals surface area contributed by atoms with Crippen LogP contribution in [0.15, 0.2) is 24.5 Å². The summed E-state index contributed by atoms with van der Waals surface area (Å²) in [4.78, 5) is 15.3. The van der Waals surface area contributed by atoms with Crippen molar-refractivity contribution in [2.45, 2.75) is 18.9 Å². The first kappa shape index (κ1) is 8.93. The Balaban J connectivity index is 2.24. The van der Waals surface area contributed by atoms with Gasteiger partial charge in [0.1, 0.15) is 0 Å². The molecular formula is C9H9IN2O. The number of carbonyl (C=O) groups excluding carboxylic acids is 1. The number of carbonyl (C=O) groups is 1. The van der Waals surface area contributed by atoms with Crippen LogP contribution in [0.25, 0.3) is 0 Å². The van der Waals surface area contributed by atoms with Gasteiger partial charge < -0.3 is 0 Å². The van der Waals surface area contributed by atoms with Gasteiger partial charge in [-0.2, -0.15) is 0 Å². The number of halogens is 1. The van der Waals surface area contributed by atoms with E-state index in [2.05, 4.69) is 27.8 Å². The zero-order valence-electron chi connectivity index (χ0n) is 6.98. The number of hydrogen-bond donors (Lipinski definition) is 0. The van der Waals surface area contributed by atoms with Crippen molar-refractivity contribution in [3.05, 3.63) is 30.1 Å². The molecule has 1 saturated heterocycles. The van der Waals surface area contributed by atoms with Crippen LogP contribution in [0.3, 0.4) is 0 Å². The summed E-state index contributed by atoms with van der Waals surface area (Å²) in [7, 11) is 0. The summed E-state index contributed by atoms with van der Waals surface area (Å²) in [5.74, 6) is 0.217. The number of rotatable bonds is 1. The Bertz CT molecular complexity index is 315.